The van der Waals surface area contributed by atoms with Crippen molar-refractivity contribution in [1.82, 2.24) is 10.6 Å². The first-order chi connectivity index (χ1) is 19.6. The van der Waals surface area contributed by atoms with Crippen LogP contribution in [0.2, 0.25) is 0 Å². The van der Waals surface area contributed by atoms with E-state index >= 15 is 0 Å². The van der Waals surface area contributed by atoms with Gasteiger partial charge >= 0.3 is 5.97 Å². The minimum atomic E-state index is -1.17. The van der Waals surface area contributed by atoms with Crippen molar-refractivity contribution in [2.75, 3.05) is 22.9 Å². The van der Waals surface area contributed by atoms with Crippen molar-refractivity contribution in [2.45, 2.75) is 38.8 Å². The summed E-state index contributed by atoms with van der Waals surface area (Å²) in [6, 6.07) is 20.9. The predicted molar refractivity (Wildman–Crippen MR) is 154 cm³/mol. The number of carbonyl (C=O) groups excluding carboxylic acids is 4. The first-order valence-corrected chi connectivity index (χ1v) is 13.3. The molecule has 0 saturated carbocycles. The number of fused-ring (bicyclic) bond motifs is 1. The number of aryl methyl sites for hydroxylation is 1. The average molecular weight is 557 g/mol. The number of rotatable bonds is 9. The van der Waals surface area contributed by atoms with Gasteiger partial charge in [-0.1, -0.05) is 60.2 Å². The van der Waals surface area contributed by atoms with Gasteiger partial charge in [0.15, 0.2) is 0 Å². The fraction of sp³-hybridized carbons (Fsp3) is 0.258. The molecule has 2 unspecified atom stereocenters. The second-order valence-electron chi connectivity index (χ2n) is 10.0. The summed E-state index contributed by atoms with van der Waals surface area (Å²) >= 11 is 0. The van der Waals surface area contributed by atoms with Crippen molar-refractivity contribution in [3.63, 3.8) is 0 Å². The van der Waals surface area contributed by atoms with Crippen LogP contribution < -0.4 is 20.4 Å². The number of anilines is 2. The van der Waals surface area contributed by atoms with Gasteiger partial charge in [-0.05, 0) is 43.7 Å². The maximum atomic E-state index is 13.9. The first-order valence-electron chi connectivity index (χ1n) is 13.3. The number of carboxylic acid groups (broad SMARTS) is 1. The summed E-state index contributed by atoms with van der Waals surface area (Å²) in [5.41, 5.74) is 2.89. The lowest BCUT2D eigenvalue weighted by molar-refractivity contribution is -0.137. The van der Waals surface area contributed by atoms with Gasteiger partial charge in [0.1, 0.15) is 12.6 Å². The Bertz CT molecular complexity index is 1460. The van der Waals surface area contributed by atoms with E-state index in [9.17, 15) is 24.0 Å². The molecule has 1 aliphatic heterocycles. The normalized spacial score (nSPS) is 15.4. The van der Waals surface area contributed by atoms with Gasteiger partial charge in [0, 0.05) is 11.6 Å². The van der Waals surface area contributed by atoms with Crippen LogP contribution in [0.1, 0.15) is 34.8 Å². The molecule has 0 aliphatic carbocycles. The van der Waals surface area contributed by atoms with Crippen LogP contribution in [0, 0.1) is 6.92 Å². The van der Waals surface area contributed by atoms with E-state index in [-0.39, 0.29) is 25.3 Å². The molecule has 3 aromatic rings. The highest BCUT2D eigenvalue weighted by Gasteiger charge is 2.37. The van der Waals surface area contributed by atoms with E-state index in [1.807, 2.05) is 31.2 Å². The van der Waals surface area contributed by atoms with Crippen molar-refractivity contribution >= 4 is 41.0 Å². The third-order valence-corrected chi connectivity index (χ3v) is 6.66. The number of hydrogen-bond acceptors (Lipinski definition) is 5. The van der Waals surface area contributed by atoms with E-state index in [1.54, 1.807) is 61.5 Å². The summed E-state index contributed by atoms with van der Waals surface area (Å²) in [7, 11) is 0. The summed E-state index contributed by atoms with van der Waals surface area (Å²) in [5, 5.41) is 14.4. The molecule has 0 radical (unpaired) electrons. The van der Waals surface area contributed by atoms with Crippen LogP contribution in [0.5, 0.6) is 0 Å². The van der Waals surface area contributed by atoms with Crippen molar-refractivity contribution in [1.29, 1.82) is 0 Å². The van der Waals surface area contributed by atoms with Crippen LogP contribution in [0.15, 0.2) is 78.9 Å². The topological polar surface area (TPSA) is 136 Å². The summed E-state index contributed by atoms with van der Waals surface area (Å²) in [4.78, 5) is 67.5. The predicted octanol–water partition coefficient (Wildman–Crippen LogP) is 2.70. The lowest BCUT2D eigenvalue weighted by Gasteiger charge is -2.25. The zero-order chi connectivity index (χ0) is 29.5. The van der Waals surface area contributed by atoms with Crippen LogP contribution in [-0.4, -0.2) is 59.9 Å². The quantitative estimate of drug-likeness (QED) is 0.371. The summed E-state index contributed by atoms with van der Waals surface area (Å²) in [6.45, 7) is 2.91. The smallest absolute Gasteiger partial charge is 0.305 e. The lowest BCUT2D eigenvalue weighted by Crippen LogP contribution is -2.54. The van der Waals surface area contributed by atoms with E-state index in [2.05, 4.69) is 10.6 Å². The Morgan fingerprint density at radius 2 is 1.63 bits per heavy atom. The molecule has 212 valence electrons. The summed E-state index contributed by atoms with van der Waals surface area (Å²) in [5.74, 6) is -3.00. The number of nitrogens with one attached hydrogen (secondary N) is 2. The Hall–Kier alpha value is -4.99. The maximum absolute atomic E-state index is 13.9. The molecule has 0 bridgehead atoms. The standard InChI is InChI=1S/C31H32N4O6/c1-20-9-8-10-22(15-20)17-28(37)34-18-24(33-30(40)23-11-4-3-5-12-23)31(41)35(26-14-7-6-13-25(26)34)19-27(36)32-21(2)16-29(38)39/h3-15,21,24H,16-19H2,1-2H3,(H,32,36)(H,33,40)(H,38,39). The van der Waals surface area contributed by atoms with E-state index in [0.717, 1.165) is 11.1 Å². The van der Waals surface area contributed by atoms with Crippen LogP contribution in [-0.2, 0) is 25.6 Å². The van der Waals surface area contributed by atoms with Crippen LogP contribution in [0.4, 0.5) is 11.4 Å². The number of carbonyl (C=O) groups is 5. The number of amides is 4. The Morgan fingerprint density at radius 1 is 0.951 bits per heavy atom. The third-order valence-electron chi connectivity index (χ3n) is 6.66. The second kappa shape index (κ2) is 12.9. The molecule has 1 aliphatic rings. The van der Waals surface area contributed by atoms with Crippen LogP contribution in [0.3, 0.4) is 0 Å². The molecule has 41 heavy (non-hydrogen) atoms. The van der Waals surface area contributed by atoms with Crippen LogP contribution >= 0.6 is 0 Å². The largest absolute Gasteiger partial charge is 0.481 e. The zero-order valence-electron chi connectivity index (χ0n) is 22.9. The highest BCUT2D eigenvalue weighted by Crippen LogP contribution is 2.33. The molecule has 10 heteroatoms. The molecule has 2 atom stereocenters. The van der Waals surface area contributed by atoms with Gasteiger partial charge in [-0.15, -0.1) is 0 Å². The fourth-order valence-corrected chi connectivity index (χ4v) is 4.79. The van der Waals surface area contributed by atoms with Gasteiger partial charge in [-0.25, -0.2) is 0 Å². The molecule has 0 spiro atoms. The molecule has 1 heterocycles. The molecule has 3 aromatic carbocycles. The number of carboxylic acids is 1. The molecule has 3 N–H and O–H groups in total. The van der Waals surface area contributed by atoms with Crippen molar-refractivity contribution in [2.24, 2.45) is 0 Å². The van der Waals surface area contributed by atoms with Gasteiger partial charge in [0.25, 0.3) is 11.8 Å². The van der Waals surface area contributed by atoms with E-state index in [4.69, 9.17) is 5.11 Å². The fourth-order valence-electron chi connectivity index (χ4n) is 4.79. The highest BCUT2D eigenvalue weighted by atomic mass is 16.4. The van der Waals surface area contributed by atoms with Gasteiger partial charge in [-0.2, -0.15) is 0 Å². The summed E-state index contributed by atoms with van der Waals surface area (Å²) in [6.07, 6.45) is -0.218. The van der Waals surface area contributed by atoms with Crippen molar-refractivity contribution < 1.29 is 29.1 Å². The minimum absolute atomic E-state index is 0.0662. The monoisotopic (exact) mass is 556 g/mol. The highest BCUT2D eigenvalue weighted by molar-refractivity contribution is 6.11. The average Bonchev–Trinajstić information content (AvgIpc) is 3.03. The number of para-hydroxylation sites is 2. The lowest BCUT2D eigenvalue weighted by atomic mass is 10.1. The van der Waals surface area contributed by atoms with Gasteiger partial charge < -0.3 is 20.6 Å². The maximum Gasteiger partial charge on any atom is 0.305 e. The van der Waals surface area contributed by atoms with Crippen LogP contribution in [0.25, 0.3) is 0 Å². The summed E-state index contributed by atoms with van der Waals surface area (Å²) < 4.78 is 0. The zero-order valence-corrected chi connectivity index (χ0v) is 22.9. The number of benzene rings is 3. The van der Waals surface area contributed by atoms with E-state index < -0.39 is 42.3 Å². The Morgan fingerprint density at radius 3 is 2.32 bits per heavy atom. The second-order valence-corrected chi connectivity index (χ2v) is 10.0. The van der Waals surface area contributed by atoms with E-state index in [1.165, 1.54) is 9.80 Å². The molecular weight excluding hydrogens is 524 g/mol. The number of nitrogens with zero attached hydrogens (tertiary/aromatic N) is 2. The Labute approximate surface area is 238 Å². The molecule has 10 nitrogen and oxygen atoms in total. The number of aliphatic carboxylic acids is 1. The molecule has 0 saturated heterocycles. The van der Waals surface area contributed by atoms with Crippen molar-refractivity contribution in [3.05, 3.63) is 95.6 Å². The first kappa shape index (κ1) is 29.0. The van der Waals surface area contributed by atoms with Gasteiger partial charge in [0.2, 0.25) is 11.8 Å². The number of hydrogen-bond donors (Lipinski definition) is 3. The Balaban J connectivity index is 1.69. The third kappa shape index (κ3) is 7.36. The molecule has 0 fully saturated rings. The molecular formula is C31H32N4O6. The van der Waals surface area contributed by atoms with E-state index in [0.29, 0.717) is 16.9 Å². The van der Waals surface area contributed by atoms with Gasteiger partial charge in [-0.3, -0.25) is 28.9 Å². The SMILES string of the molecule is Cc1cccc(CC(=O)N2CC(NC(=O)c3ccccc3)C(=O)N(CC(=O)NC(C)CC(=O)O)c3ccccc32)c1. The van der Waals surface area contributed by atoms with Gasteiger partial charge in [0.05, 0.1) is 30.8 Å². The molecule has 4 amide bonds. The molecule has 0 aromatic heterocycles. The minimum Gasteiger partial charge on any atom is -0.481 e. The van der Waals surface area contributed by atoms with Crippen molar-refractivity contribution in [3.8, 4) is 0 Å². The molecule has 4 rings (SSSR count). The Kier molecular flexibility index (Phi) is 9.13.